The maximum absolute atomic E-state index is 13.2. The summed E-state index contributed by atoms with van der Waals surface area (Å²) in [5.41, 5.74) is 3.11. The molecule has 0 saturated carbocycles. The Balaban J connectivity index is 1.27. The molecule has 4 heterocycles. The summed E-state index contributed by atoms with van der Waals surface area (Å²) >= 11 is 1.55. The Morgan fingerprint density at radius 1 is 1.06 bits per heavy atom. The summed E-state index contributed by atoms with van der Waals surface area (Å²) in [5, 5.41) is 9.84. The molecule has 7 nitrogen and oxygen atoms in total. The standard InChI is InChI=1S/C23H25N5O2S/c1-16-12-19(25-30-16)15-26-8-10-27(11-9-26)22(29)21-13-20-17(2)24-28(23(20)31-21)14-18-6-4-3-5-7-18/h3-7,12-13H,8-11,14-15H2,1-2H3. The van der Waals surface area contributed by atoms with Gasteiger partial charge in [-0.25, -0.2) is 0 Å². The van der Waals surface area contributed by atoms with Crippen LogP contribution in [0.2, 0.25) is 0 Å². The highest BCUT2D eigenvalue weighted by molar-refractivity contribution is 7.20. The summed E-state index contributed by atoms with van der Waals surface area (Å²) in [6, 6.07) is 14.3. The van der Waals surface area contributed by atoms with Gasteiger partial charge in [-0.1, -0.05) is 35.5 Å². The molecular formula is C23H25N5O2S. The lowest BCUT2D eigenvalue weighted by atomic mass is 10.2. The van der Waals surface area contributed by atoms with Gasteiger partial charge in [0.2, 0.25) is 0 Å². The summed E-state index contributed by atoms with van der Waals surface area (Å²) in [6.07, 6.45) is 0. The molecular weight excluding hydrogens is 410 g/mol. The molecule has 0 unspecified atom stereocenters. The van der Waals surface area contributed by atoms with Gasteiger partial charge in [0.05, 0.1) is 22.8 Å². The lowest BCUT2D eigenvalue weighted by molar-refractivity contribution is 0.0630. The molecule has 0 atom stereocenters. The van der Waals surface area contributed by atoms with Crippen LogP contribution in [0.15, 0.2) is 47.0 Å². The van der Waals surface area contributed by atoms with E-state index >= 15 is 0 Å². The fourth-order valence-electron chi connectivity index (χ4n) is 4.07. The Bertz CT molecular complexity index is 1200. The molecule has 1 aliphatic heterocycles. The number of thiophene rings is 1. The predicted molar refractivity (Wildman–Crippen MR) is 120 cm³/mol. The van der Waals surface area contributed by atoms with Crippen LogP contribution in [-0.2, 0) is 13.1 Å². The molecule has 0 bridgehead atoms. The quantitative estimate of drug-likeness (QED) is 0.478. The Labute approximate surface area is 184 Å². The summed E-state index contributed by atoms with van der Waals surface area (Å²) in [6.45, 7) is 8.50. The van der Waals surface area contributed by atoms with Crippen LogP contribution in [0.25, 0.3) is 10.2 Å². The number of benzene rings is 1. The maximum Gasteiger partial charge on any atom is 0.264 e. The van der Waals surface area contributed by atoms with Gasteiger partial charge in [-0.2, -0.15) is 5.10 Å². The molecule has 31 heavy (non-hydrogen) atoms. The monoisotopic (exact) mass is 435 g/mol. The number of piperazine rings is 1. The molecule has 8 heteroatoms. The zero-order valence-corrected chi connectivity index (χ0v) is 18.6. The highest BCUT2D eigenvalue weighted by Gasteiger charge is 2.25. The number of hydrogen-bond acceptors (Lipinski definition) is 6. The fourth-order valence-corrected chi connectivity index (χ4v) is 5.20. The van der Waals surface area contributed by atoms with Crippen LogP contribution in [0.1, 0.15) is 32.4 Å². The molecule has 5 rings (SSSR count). The van der Waals surface area contributed by atoms with E-state index in [1.54, 1.807) is 11.3 Å². The average molecular weight is 436 g/mol. The molecule has 3 aromatic heterocycles. The molecule has 1 amide bonds. The third-order valence-electron chi connectivity index (χ3n) is 5.72. The van der Waals surface area contributed by atoms with Crippen molar-refractivity contribution < 1.29 is 9.32 Å². The second-order valence-electron chi connectivity index (χ2n) is 8.06. The number of carbonyl (C=O) groups excluding carboxylic acids is 1. The van der Waals surface area contributed by atoms with Gasteiger partial charge in [0.25, 0.3) is 5.91 Å². The van der Waals surface area contributed by atoms with Crippen LogP contribution in [-0.4, -0.2) is 56.8 Å². The van der Waals surface area contributed by atoms with Gasteiger partial charge < -0.3 is 9.42 Å². The molecule has 0 N–H and O–H groups in total. The topological polar surface area (TPSA) is 67.4 Å². The molecule has 1 aromatic carbocycles. The Kier molecular flexibility index (Phi) is 5.33. The fraction of sp³-hybridized carbons (Fsp3) is 0.348. The molecule has 4 aromatic rings. The molecule has 0 spiro atoms. The summed E-state index contributed by atoms with van der Waals surface area (Å²) < 4.78 is 7.17. The van der Waals surface area contributed by atoms with Crippen molar-refractivity contribution in [1.82, 2.24) is 24.7 Å². The van der Waals surface area contributed by atoms with E-state index in [9.17, 15) is 4.79 Å². The van der Waals surface area contributed by atoms with E-state index < -0.39 is 0 Å². The highest BCUT2D eigenvalue weighted by Crippen LogP contribution is 2.30. The van der Waals surface area contributed by atoms with Gasteiger partial charge >= 0.3 is 0 Å². The molecule has 1 aliphatic rings. The summed E-state index contributed by atoms with van der Waals surface area (Å²) in [7, 11) is 0. The number of fused-ring (bicyclic) bond motifs is 1. The molecule has 0 aliphatic carbocycles. The van der Waals surface area contributed by atoms with Gasteiger partial charge in [0, 0.05) is 44.2 Å². The smallest absolute Gasteiger partial charge is 0.264 e. The highest BCUT2D eigenvalue weighted by atomic mass is 32.1. The van der Waals surface area contributed by atoms with Crippen LogP contribution >= 0.6 is 11.3 Å². The van der Waals surface area contributed by atoms with Gasteiger partial charge in [-0.05, 0) is 25.5 Å². The third-order valence-corrected chi connectivity index (χ3v) is 6.85. The van der Waals surface area contributed by atoms with Gasteiger partial charge in [0.1, 0.15) is 10.6 Å². The second-order valence-corrected chi connectivity index (χ2v) is 9.09. The Hall–Kier alpha value is -2.97. The zero-order valence-electron chi connectivity index (χ0n) is 17.7. The van der Waals surface area contributed by atoms with Gasteiger partial charge in [-0.3, -0.25) is 14.4 Å². The number of nitrogens with zero attached hydrogens (tertiary/aromatic N) is 5. The average Bonchev–Trinajstić information content (AvgIpc) is 3.47. The summed E-state index contributed by atoms with van der Waals surface area (Å²) in [4.78, 5) is 19.3. The molecule has 0 radical (unpaired) electrons. The summed E-state index contributed by atoms with van der Waals surface area (Å²) in [5.74, 6) is 0.943. The lowest BCUT2D eigenvalue weighted by Crippen LogP contribution is -2.48. The van der Waals surface area contributed by atoms with Crippen molar-refractivity contribution in [3.05, 3.63) is 70.1 Å². The minimum absolute atomic E-state index is 0.115. The number of carbonyl (C=O) groups is 1. The van der Waals surface area contributed by atoms with E-state index in [-0.39, 0.29) is 5.91 Å². The SMILES string of the molecule is Cc1cc(CN2CCN(C(=O)c3cc4c(C)nn(Cc5ccccc5)c4s3)CC2)no1. The maximum atomic E-state index is 13.2. The van der Waals surface area contributed by atoms with Crippen molar-refractivity contribution in [2.24, 2.45) is 0 Å². The van der Waals surface area contributed by atoms with Crippen molar-refractivity contribution in [1.29, 1.82) is 0 Å². The first kappa shape index (κ1) is 20.0. The van der Waals surface area contributed by atoms with Crippen LogP contribution < -0.4 is 0 Å². The number of amides is 1. The number of hydrogen-bond donors (Lipinski definition) is 0. The second kappa shape index (κ2) is 8.28. The zero-order chi connectivity index (χ0) is 21.4. The first-order valence-electron chi connectivity index (χ1n) is 10.5. The van der Waals surface area contributed by atoms with Crippen molar-refractivity contribution in [2.45, 2.75) is 26.9 Å². The Morgan fingerprint density at radius 2 is 1.84 bits per heavy atom. The van der Waals surface area contributed by atoms with Crippen molar-refractivity contribution in [3.63, 3.8) is 0 Å². The minimum Gasteiger partial charge on any atom is -0.361 e. The van der Waals surface area contributed by atoms with Crippen LogP contribution in [0.5, 0.6) is 0 Å². The Morgan fingerprint density at radius 3 is 2.55 bits per heavy atom. The number of aromatic nitrogens is 3. The number of rotatable bonds is 5. The largest absolute Gasteiger partial charge is 0.361 e. The van der Waals surface area contributed by atoms with Crippen LogP contribution in [0.3, 0.4) is 0 Å². The normalized spacial score (nSPS) is 15.1. The predicted octanol–water partition coefficient (Wildman–Crippen LogP) is 3.71. The first-order chi connectivity index (χ1) is 15.1. The van der Waals surface area contributed by atoms with E-state index in [4.69, 9.17) is 9.62 Å². The van der Waals surface area contributed by atoms with E-state index in [1.807, 2.05) is 53.8 Å². The lowest BCUT2D eigenvalue weighted by Gasteiger charge is -2.34. The van der Waals surface area contributed by atoms with Crippen LogP contribution in [0.4, 0.5) is 0 Å². The van der Waals surface area contributed by atoms with Gasteiger partial charge in [0.15, 0.2) is 0 Å². The van der Waals surface area contributed by atoms with Crippen molar-refractivity contribution in [2.75, 3.05) is 26.2 Å². The van der Waals surface area contributed by atoms with Gasteiger partial charge in [-0.15, -0.1) is 11.3 Å². The third kappa shape index (κ3) is 4.13. The molecule has 1 saturated heterocycles. The van der Waals surface area contributed by atoms with E-state index in [1.165, 1.54) is 5.56 Å². The molecule has 160 valence electrons. The number of aryl methyl sites for hydroxylation is 2. The van der Waals surface area contributed by atoms with E-state index in [0.717, 1.165) is 65.0 Å². The molecule has 1 fully saturated rings. The van der Waals surface area contributed by atoms with E-state index in [2.05, 4.69) is 22.2 Å². The minimum atomic E-state index is 0.115. The van der Waals surface area contributed by atoms with Crippen molar-refractivity contribution >= 4 is 27.5 Å². The first-order valence-corrected chi connectivity index (χ1v) is 11.3. The van der Waals surface area contributed by atoms with Crippen LogP contribution in [0, 0.1) is 13.8 Å². The van der Waals surface area contributed by atoms with E-state index in [0.29, 0.717) is 6.54 Å². The van der Waals surface area contributed by atoms with Crippen molar-refractivity contribution in [3.8, 4) is 0 Å².